The van der Waals surface area contributed by atoms with Crippen molar-refractivity contribution in [2.24, 2.45) is 5.92 Å². The van der Waals surface area contributed by atoms with Crippen LogP contribution in [0.15, 0.2) is 48.7 Å². The van der Waals surface area contributed by atoms with Crippen LogP contribution in [0.25, 0.3) is 0 Å². The molecular formula is C22H24N4O. The second-order valence-electron chi connectivity index (χ2n) is 7.38. The summed E-state index contributed by atoms with van der Waals surface area (Å²) in [7, 11) is 0. The van der Waals surface area contributed by atoms with Crippen molar-refractivity contribution in [2.45, 2.75) is 31.7 Å². The Kier molecular flexibility index (Phi) is 5.06. The molecule has 2 aromatic rings. The van der Waals surface area contributed by atoms with Crippen LogP contribution in [0.2, 0.25) is 0 Å². The number of nitrogens with zero attached hydrogens (tertiary/aromatic N) is 4. The Balaban J connectivity index is 1.39. The number of benzene rings is 1. The quantitative estimate of drug-likeness (QED) is 0.840. The number of rotatable bonds is 3. The molecule has 2 saturated heterocycles. The molecule has 1 aromatic carbocycles. The lowest BCUT2D eigenvalue weighted by atomic mass is 9.94. The van der Waals surface area contributed by atoms with E-state index in [1.54, 1.807) is 12.3 Å². The van der Waals surface area contributed by atoms with E-state index < -0.39 is 0 Å². The van der Waals surface area contributed by atoms with Crippen LogP contribution in [0.3, 0.4) is 0 Å². The highest BCUT2D eigenvalue weighted by Gasteiger charge is 2.35. The first kappa shape index (κ1) is 17.5. The highest BCUT2D eigenvalue weighted by molar-refractivity contribution is 5.80. The summed E-state index contributed by atoms with van der Waals surface area (Å²) in [5.41, 5.74) is 1.83. The molecule has 0 radical (unpaired) electrons. The van der Waals surface area contributed by atoms with Crippen molar-refractivity contribution in [2.75, 3.05) is 24.5 Å². The van der Waals surface area contributed by atoms with Crippen LogP contribution in [0.4, 0.5) is 5.82 Å². The lowest BCUT2D eigenvalue weighted by molar-refractivity contribution is -0.137. The van der Waals surface area contributed by atoms with E-state index >= 15 is 0 Å². The van der Waals surface area contributed by atoms with Crippen LogP contribution < -0.4 is 4.90 Å². The van der Waals surface area contributed by atoms with Gasteiger partial charge in [-0.25, -0.2) is 4.98 Å². The molecule has 0 saturated carbocycles. The SMILES string of the molecule is N#Cc1ccc(N2CCC(C(=O)N3CCC[C@H]3c3ccccc3)CC2)nc1. The summed E-state index contributed by atoms with van der Waals surface area (Å²) in [6, 6.07) is 16.4. The molecule has 1 atom stereocenters. The van der Waals surface area contributed by atoms with Gasteiger partial charge in [0.25, 0.3) is 0 Å². The van der Waals surface area contributed by atoms with Crippen LogP contribution >= 0.6 is 0 Å². The summed E-state index contributed by atoms with van der Waals surface area (Å²) in [5, 5.41) is 8.90. The molecule has 0 unspecified atom stereocenters. The molecule has 0 bridgehead atoms. The fourth-order valence-corrected chi connectivity index (χ4v) is 4.28. The van der Waals surface area contributed by atoms with E-state index in [0.717, 1.165) is 51.1 Å². The van der Waals surface area contributed by atoms with Gasteiger partial charge in [-0.1, -0.05) is 30.3 Å². The zero-order valence-corrected chi connectivity index (χ0v) is 15.4. The van der Waals surface area contributed by atoms with E-state index in [1.807, 2.05) is 12.1 Å². The third kappa shape index (κ3) is 3.66. The summed E-state index contributed by atoms with van der Waals surface area (Å²) < 4.78 is 0. The van der Waals surface area contributed by atoms with Crippen molar-refractivity contribution in [3.63, 3.8) is 0 Å². The maximum absolute atomic E-state index is 13.2. The zero-order chi connectivity index (χ0) is 18.6. The van der Waals surface area contributed by atoms with Gasteiger partial charge >= 0.3 is 0 Å². The first-order chi connectivity index (χ1) is 13.3. The van der Waals surface area contributed by atoms with Gasteiger partial charge in [0.05, 0.1) is 11.6 Å². The molecule has 0 N–H and O–H groups in total. The van der Waals surface area contributed by atoms with E-state index in [1.165, 1.54) is 5.56 Å². The summed E-state index contributed by atoms with van der Waals surface area (Å²) >= 11 is 0. The molecule has 138 valence electrons. The van der Waals surface area contributed by atoms with Gasteiger partial charge in [0.2, 0.25) is 5.91 Å². The molecule has 1 aromatic heterocycles. The van der Waals surface area contributed by atoms with Crippen molar-refractivity contribution >= 4 is 11.7 Å². The monoisotopic (exact) mass is 360 g/mol. The molecule has 2 fully saturated rings. The summed E-state index contributed by atoms with van der Waals surface area (Å²) in [6.07, 6.45) is 5.47. The number of nitriles is 1. The van der Waals surface area contributed by atoms with Gasteiger partial charge in [0.15, 0.2) is 0 Å². The molecule has 3 heterocycles. The Labute approximate surface area is 160 Å². The number of hydrogen-bond donors (Lipinski definition) is 0. The predicted molar refractivity (Wildman–Crippen MR) is 104 cm³/mol. The van der Waals surface area contributed by atoms with Gasteiger partial charge in [-0.05, 0) is 43.4 Å². The van der Waals surface area contributed by atoms with Crippen molar-refractivity contribution in [3.8, 4) is 6.07 Å². The number of hydrogen-bond acceptors (Lipinski definition) is 4. The molecule has 27 heavy (non-hydrogen) atoms. The van der Waals surface area contributed by atoms with Crippen LogP contribution in [0, 0.1) is 17.2 Å². The number of carbonyl (C=O) groups excluding carboxylic acids is 1. The minimum absolute atomic E-state index is 0.101. The number of anilines is 1. The number of amides is 1. The fourth-order valence-electron chi connectivity index (χ4n) is 4.28. The standard InChI is InChI=1S/C22H24N4O/c23-15-17-8-9-21(24-16-17)25-13-10-19(11-14-25)22(27)26-12-4-7-20(26)18-5-2-1-3-6-18/h1-3,5-6,8-9,16,19-20H,4,7,10-14H2/t20-/m0/s1. The smallest absolute Gasteiger partial charge is 0.226 e. The lowest BCUT2D eigenvalue weighted by Crippen LogP contribution is -2.42. The summed E-state index contributed by atoms with van der Waals surface area (Å²) in [5.74, 6) is 1.31. The zero-order valence-electron chi connectivity index (χ0n) is 15.4. The van der Waals surface area contributed by atoms with Crippen molar-refractivity contribution in [3.05, 3.63) is 59.8 Å². The van der Waals surface area contributed by atoms with Crippen molar-refractivity contribution in [1.29, 1.82) is 5.26 Å². The van der Waals surface area contributed by atoms with Crippen LogP contribution in [-0.4, -0.2) is 35.4 Å². The van der Waals surface area contributed by atoms with Gasteiger partial charge in [-0.15, -0.1) is 0 Å². The maximum Gasteiger partial charge on any atom is 0.226 e. The molecule has 4 rings (SSSR count). The van der Waals surface area contributed by atoms with Gasteiger partial charge in [0.1, 0.15) is 11.9 Å². The van der Waals surface area contributed by atoms with Crippen LogP contribution in [0.1, 0.15) is 42.9 Å². The first-order valence-electron chi connectivity index (χ1n) is 9.73. The minimum atomic E-state index is 0.101. The van der Waals surface area contributed by atoms with Gasteiger partial charge < -0.3 is 9.80 Å². The topological polar surface area (TPSA) is 60.2 Å². The van der Waals surface area contributed by atoms with E-state index in [9.17, 15) is 4.79 Å². The highest BCUT2D eigenvalue weighted by Crippen LogP contribution is 2.34. The van der Waals surface area contributed by atoms with Crippen molar-refractivity contribution < 1.29 is 4.79 Å². The van der Waals surface area contributed by atoms with E-state index in [2.05, 4.69) is 45.1 Å². The Hall–Kier alpha value is -2.87. The third-order valence-electron chi connectivity index (χ3n) is 5.77. The number of piperidine rings is 1. The Morgan fingerprint density at radius 2 is 1.81 bits per heavy atom. The van der Waals surface area contributed by atoms with Gasteiger partial charge in [0, 0.05) is 31.7 Å². The lowest BCUT2D eigenvalue weighted by Gasteiger charge is -2.35. The second kappa shape index (κ2) is 7.79. The second-order valence-corrected chi connectivity index (χ2v) is 7.38. The van der Waals surface area contributed by atoms with E-state index in [4.69, 9.17) is 5.26 Å². The van der Waals surface area contributed by atoms with Crippen LogP contribution in [-0.2, 0) is 4.79 Å². The highest BCUT2D eigenvalue weighted by atomic mass is 16.2. The number of carbonyl (C=O) groups is 1. The van der Waals surface area contributed by atoms with Crippen LogP contribution in [0.5, 0.6) is 0 Å². The molecule has 0 aliphatic carbocycles. The fraction of sp³-hybridized carbons (Fsp3) is 0.409. The molecule has 5 nitrogen and oxygen atoms in total. The average molecular weight is 360 g/mol. The van der Waals surface area contributed by atoms with Gasteiger partial charge in [-0.2, -0.15) is 5.26 Å². The maximum atomic E-state index is 13.2. The van der Waals surface area contributed by atoms with Crippen molar-refractivity contribution in [1.82, 2.24) is 9.88 Å². The largest absolute Gasteiger partial charge is 0.357 e. The molecule has 5 heteroatoms. The van der Waals surface area contributed by atoms with Gasteiger partial charge in [-0.3, -0.25) is 4.79 Å². The molecule has 2 aliphatic heterocycles. The minimum Gasteiger partial charge on any atom is -0.357 e. The normalized spacial score (nSPS) is 20.5. The first-order valence-corrected chi connectivity index (χ1v) is 9.73. The number of likely N-dealkylation sites (tertiary alicyclic amines) is 1. The molecule has 1 amide bonds. The molecule has 2 aliphatic rings. The Bertz CT molecular complexity index is 820. The predicted octanol–water partition coefficient (Wildman–Crippen LogP) is 3.53. The van der Waals surface area contributed by atoms with E-state index in [0.29, 0.717) is 11.5 Å². The summed E-state index contributed by atoms with van der Waals surface area (Å²) in [6.45, 7) is 2.54. The van der Waals surface area contributed by atoms with E-state index in [-0.39, 0.29) is 12.0 Å². The Morgan fingerprint density at radius 3 is 2.48 bits per heavy atom. The molecule has 0 spiro atoms. The molecular weight excluding hydrogens is 336 g/mol. The number of pyridine rings is 1. The third-order valence-corrected chi connectivity index (χ3v) is 5.77. The number of aromatic nitrogens is 1. The summed E-state index contributed by atoms with van der Waals surface area (Å²) in [4.78, 5) is 21.9. The average Bonchev–Trinajstić information content (AvgIpc) is 3.24. The Morgan fingerprint density at radius 1 is 1.04 bits per heavy atom.